The third-order valence-electron chi connectivity index (χ3n) is 3.19. The molecular weight excluding hydrogens is 281 g/mol. The summed E-state index contributed by atoms with van der Waals surface area (Å²) in [5.41, 5.74) is 3.83. The van der Waals surface area contributed by atoms with Gasteiger partial charge in [0.25, 0.3) is 0 Å². The quantitative estimate of drug-likeness (QED) is 0.675. The van der Waals surface area contributed by atoms with E-state index in [9.17, 15) is 13.2 Å². The first-order valence-electron chi connectivity index (χ1n) is 6.28. The second-order valence-electron chi connectivity index (χ2n) is 4.72. The molecule has 0 spiro atoms. The SMILES string of the molecule is Cc1nc(Cc2cccc(C(F)(F)F)c2)nc(NN)c1C. The Kier molecular flexibility index (Phi) is 4.13. The number of nitrogens with one attached hydrogen (secondary N) is 1. The van der Waals surface area contributed by atoms with Crippen molar-refractivity contribution >= 4 is 5.82 Å². The molecule has 0 amide bonds. The first-order valence-corrected chi connectivity index (χ1v) is 6.28. The minimum atomic E-state index is -4.36. The van der Waals surface area contributed by atoms with Gasteiger partial charge < -0.3 is 5.43 Å². The summed E-state index contributed by atoms with van der Waals surface area (Å²) in [4.78, 5) is 8.49. The highest BCUT2D eigenvalue weighted by atomic mass is 19.4. The highest BCUT2D eigenvalue weighted by Crippen LogP contribution is 2.29. The van der Waals surface area contributed by atoms with Gasteiger partial charge in [-0.15, -0.1) is 0 Å². The van der Waals surface area contributed by atoms with Crippen LogP contribution >= 0.6 is 0 Å². The van der Waals surface area contributed by atoms with Crippen LogP contribution in [0.25, 0.3) is 0 Å². The highest BCUT2D eigenvalue weighted by molar-refractivity contribution is 5.44. The molecule has 1 heterocycles. The summed E-state index contributed by atoms with van der Waals surface area (Å²) in [7, 11) is 0. The Morgan fingerprint density at radius 1 is 1.19 bits per heavy atom. The second kappa shape index (κ2) is 5.69. The predicted molar refractivity (Wildman–Crippen MR) is 73.6 cm³/mol. The average molecular weight is 296 g/mol. The summed E-state index contributed by atoms with van der Waals surface area (Å²) in [6, 6.07) is 5.14. The number of hydrogen-bond acceptors (Lipinski definition) is 4. The van der Waals surface area contributed by atoms with E-state index in [1.807, 2.05) is 6.92 Å². The van der Waals surface area contributed by atoms with Gasteiger partial charge >= 0.3 is 6.18 Å². The minimum absolute atomic E-state index is 0.208. The molecular formula is C14H15F3N4. The molecule has 1 aromatic carbocycles. The Labute approximate surface area is 120 Å². The van der Waals surface area contributed by atoms with Crippen molar-refractivity contribution < 1.29 is 13.2 Å². The molecule has 0 aliphatic heterocycles. The first-order chi connectivity index (χ1) is 9.81. The Bertz CT molecular complexity index is 653. The van der Waals surface area contributed by atoms with Crippen LogP contribution in [-0.4, -0.2) is 9.97 Å². The van der Waals surface area contributed by atoms with Crippen LogP contribution in [-0.2, 0) is 12.6 Å². The van der Waals surface area contributed by atoms with Gasteiger partial charge in [-0.05, 0) is 25.5 Å². The van der Waals surface area contributed by atoms with Crippen molar-refractivity contribution in [3.63, 3.8) is 0 Å². The number of aromatic nitrogens is 2. The van der Waals surface area contributed by atoms with Gasteiger partial charge in [-0.25, -0.2) is 15.8 Å². The van der Waals surface area contributed by atoms with E-state index >= 15 is 0 Å². The number of nitrogen functional groups attached to an aromatic ring is 1. The molecule has 3 N–H and O–H groups in total. The molecule has 0 unspecified atom stereocenters. The minimum Gasteiger partial charge on any atom is -0.308 e. The lowest BCUT2D eigenvalue weighted by Crippen LogP contribution is -2.13. The molecule has 1 aromatic heterocycles. The van der Waals surface area contributed by atoms with Gasteiger partial charge in [-0.1, -0.05) is 18.2 Å². The molecule has 0 fully saturated rings. The molecule has 112 valence electrons. The van der Waals surface area contributed by atoms with Crippen molar-refractivity contribution in [3.05, 3.63) is 52.5 Å². The number of nitrogens with zero attached hydrogens (tertiary/aromatic N) is 2. The van der Waals surface area contributed by atoms with E-state index in [0.717, 1.165) is 23.4 Å². The maximum atomic E-state index is 12.7. The van der Waals surface area contributed by atoms with Crippen molar-refractivity contribution in [3.8, 4) is 0 Å². The second-order valence-corrected chi connectivity index (χ2v) is 4.72. The topological polar surface area (TPSA) is 63.8 Å². The lowest BCUT2D eigenvalue weighted by molar-refractivity contribution is -0.137. The van der Waals surface area contributed by atoms with Gasteiger partial charge in [0.2, 0.25) is 0 Å². The normalized spacial score (nSPS) is 11.5. The standard InChI is InChI=1S/C14H15F3N4/c1-8-9(2)19-12(20-13(8)21-18)7-10-4-3-5-11(6-10)14(15,16)17/h3-6H,7,18H2,1-2H3,(H,19,20,21). The van der Waals surface area contributed by atoms with Crippen LogP contribution in [0.5, 0.6) is 0 Å². The molecule has 4 nitrogen and oxygen atoms in total. The molecule has 0 bridgehead atoms. The van der Waals surface area contributed by atoms with E-state index in [0.29, 0.717) is 17.2 Å². The molecule has 0 saturated heterocycles. The summed E-state index contributed by atoms with van der Waals surface area (Å²) in [5.74, 6) is 6.27. The molecule has 0 radical (unpaired) electrons. The smallest absolute Gasteiger partial charge is 0.308 e. The van der Waals surface area contributed by atoms with Crippen molar-refractivity contribution in [2.24, 2.45) is 5.84 Å². The number of rotatable bonds is 3. The maximum absolute atomic E-state index is 12.7. The third kappa shape index (κ3) is 3.49. The summed E-state index contributed by atoms with van der Waals surface area (Å²) in [6.07, 6.45) is -4.15. The fourth-order valence-electron chi connectivity index (χ4n) is 1.95. The van der Waals surface area contributed by atoms with Crippen LogP contribution in [0.3, 0.4) is 0 Å². The number of hydrazine groups is 1. The van der Waals surface area contributed by atoms with Crippen LogP contribution in [0, 0.1) is 13.8 Å². The number of alkyl halides is 3. The van der Waals surface area contributed by atoms with E-state index in [4.69, 9.17) is 5.84 Å². The summed E-state index contributed by atoms with van der Waals surface area (Å²) in [5, 5.41) is 0. The number of benzene rings is 1. The molecule has 7 heteroatoms. The Morgan fingerprint density at radius 3 is 2.52 bits per heavy atom. The van der Waals surface area contributed by atoms with E-state index in [1.165, 1.54) is 6.07 Å². The Hall–Kier alpha value is -2.15. The van der Waals surface area contributed by atoms with Crippen LogP contribution in [0.4, 0.5) is 19.0 Å². The van der Waals surface area contributed by atoms with Gasteiger partial charge in [0.15, 0.2) is 0 Å². The molecule has 2 rings (SSSR count). The lowest BCUT2D eigenvalue weighted by Gasteiger charge is -2.11. The van der Waals surface area contributed by atoms with E-state index in [2.05, 4.69) is 15.4 Å². The molecule has 0 atom stereocenters. The van der Waals surface area contributed by atoms with E-state index in [-0.39, 0.29) is 6.42 Å². The van der Waals surface area contributed by atoms with Gasteiger partial charge in [0, 0.05) is 17.7 Å². The Balaban J connectivity index is 2.32. The van der Waals surface area contributed by atoms with Crippen LogP contribution in [0.2, 0.25) is 0 Å². The van der Waals surface area contributed by atoms with Gasteiger partial charge in [0.05, 0.1) is 5.56 Å². The summed E-state index contributed by atoms with van der Waals surface area (Å²) in [6.45, 7) is 3.62. The molecule has 0 saturated carbocycles. The van der Waals surface area contributed by atoms with Crippen molar-refractivity contribution in [1.29, 1.82) is 0 Å². The van der Waals surface area contributed by atoms with Gasteiger partial charge in [0.1, 0.15) is 11.6 Å². The lowest BCUT2D eigenvalue weighted by atomic mass is 10.1. The number of aryl methyl sites for hydroxylation is 1. The zero-order valence-electron chi connectivity index (χ0n) is 11.6. The van der Waals surface area contributed by atoms with Crippen LogP contribution < -0.4 is 11.3 Å². The number of nitrogens with two attached hydrogens (primary N) is 1. The first kappa shape index (κ1) is 15.2. The molecule has 0 aliphatic rings. The number of hydrogen-bond donors (Lipinski definition) is 2. The predicted octanol–water partition coefficient (Wildman–Crippen LogP) is 2.99. The molecule has 0 aliphatic carbocycles. The van der Waals surface area contributed by atoms with Crippen LogP contribution in [0.1, 0.15) is 28.2 Å². The zero-order chi connectivity index (χ0) is 15.6. The van der Waals surface area contributed by atoms with Crippen molar-refractivity contribution in [2.75, 3.05) is 5.43 Å². The average Bonchev–Trinajstić information content (AvgIpc) is 2.42. The maximum Gasteiger partial charge on any atom is 0.416 e. The van der Waals surface area contributed by atoms with Gasteiger partial charge in [-0.3, -0.25) is 0 Å². The summed E-state index contributed by atoms with van der Waals surface area (Å²) >= 11 is 0. The molecule has 2 aromatic rings. The highest BCUT2D eigenvalue weighted by Gasteiger charge is 2.30. The zero-order valence-corrected chi connectivity index (χ0v) is 11.6. The molecule has 21 heavy (non-hydrogen) atoms. The summed E-state index contributed by atoms with van der Waals surface area (Å²) < 4.78 is 38.1. The van der Waals surface area contributed by atoms with Gasteiger partial charge in [-0.2, -0.15) is 13.2 Å². The fraction of sp³-hybridized carbons (Fsp3) is 0.286. The number of anilines is 1. The third-order valence-corrected chi connectivity index (χ3v) is 3.19. The number of halogens is 3. The van der Waals surface area contributed by atoms with E-state index in [1.54, 1.807) is 13.0 Å². The monoisotopic (exact) mass is 296 g/mol. The largest absolute Gasteiger partial charge is 0.416 e. The van der Waals surface area contributed by atoms with Crippen molar-refractivity contribution in [1.82, 2.24) is 9.97 Å². The fourth-order valence-corrected chi connectivity index (χ4v) is 1.95. The van der Waals surface area contributed by atoms with E-state index < -0.39 is 11.7 Å². The Morgan fingerprint density at radius 2 is 1.90 bits per heavy atom. The van der Waals surface area contributed by atoms with Crippen molar-refractivity contribution in [2.45, 2.75) is 26.4 Å². The van der Waals surface area contributed by atoms with Crippen LogP contribution in [0.15, 0.2) is 24.3 Å².